The average molecular weight is 491 g/mol. The molecule has 1 fully saturated rings. The van der Waals surface area contributed by atoms with Crippen molar-refractivity contribution in [1.82, 2.24) is 20.4 Å². The third-order valence-corrected chi connectivity index (χ3v) is 4.95. The molecule has 5 nitrogen and oxygen atoms in total. The Kier molecular flexibility index (Phi) is 12.6. The summed E-state index contributed by atoms with van der Waals surface area (Å²) in [6, 6.07) is 6.66. The molecule has 7 heteroatoms. The average Bonchev–Trinajstić information content (AvgIpc) is 2.68. The molecule has 1 heterocycles. The summed E-state index contributed by atoms with van der Waals surface area (Å²) < 4.78 is 12.9. The van der Waals surface area contributed by atoms with Crippen molar-refractivity contribution < 1.29 is 4.39 Å². The Labute approximate surface area is 180 Å². The Balaban J connectivity index is 0.00000364. The Morgan fingerprint density at radius 1 is 1.00 bits per heavy atom. The fourth-order valence-corrected chi connectivity index (χ4v) is 3.19. The lowest BCUT2D eigenvalue weighted by molar-refractivity contribution is 0.136. The van der Waals surface area contributed by atoms with Gasteiger partial charge in [-0.3, -0.25) is 4.99 Å². The van der Waals surface area contributed by atoms with E-state index in [1.54, 1.807) is 7.05 Å². The predicted molar refractivity (Wildman–Crippen MR) is 123 cm³/mol. The van der Waals surface area contributed by atoms with Crippen molar-refractivity contribution in [3.8, 4) is 0 Å². The zero-order chi connectivity index (χ0) is 18.6. The molecule has 0 spiro atoms. The molecule has 2 rings (SSSR count). The molecule has 0 radical (unpaired) electrons. The topological polar surface area (TPSA) is 42.9 Å². The Morgan fingerprint density at radius 2 is 1.63 bits per heavy atom. The zero-order valence-electron chi connectivity index (χ0n) is 16.7. The molecule has 0 saturated carbocycles. The smallest absolute Gasteiger partial charge is 0.190 e. The highest BCUT2D eigenvalue weighted by Crippen LogP contribution is 2.03. The highest BCUT2D eigenvalue weighted by atomic mass is 127. The molecule has 0 aromatic heterocycles. The van der Waals surface area contributed by atoms with Gasteiger partial charge in [0.05, 0.1) is 0 Å². The maximum atomic E-state index is 12.9. The predicted octanol–water partition coefficient (Wildman–Crippen LogP) is 2.57. The molecule has 1 aromatic rings. The van der Waals surface area contributed by atoms with Crippen molar-refractivity contribution in [3.05, 3.63) is 35.6 Å². The molecule has 0 aliphatic carbocycles. The van der Waals surface area contributed by atoms with E-state index in [0.717, 1.165) is 37.5 Å². The highest BCUT2D eigenvalue weighted by molar-refractivity contribution is 14.0. The number of likely N-dealkylation sites (N-methyl/N-ethyl adjacent to an activating group) is 1. The summed E-state index contributed by atoms with van der Waals surface area (Å²) >= 11 is 0. The number of unbranched alkanes of at least 4 members (excludes halogenated alkanes) is 1. The maximum Gasteiger partial charge on any atom is 0.190 e. The van der Waals surface area contributed by atoms with E-state index < -0.39 is 0 Å². The van der Waals surface area contributed by atoms with E-state index in [2.05, 4.69) is 32.3 Å². The van der Waals surface area contributed by atoms with Crippen LogP contribution in [0.4, 0.5) is 4.39 Å². The fraction of sp³-hybridized carbons (Fsp3) is 0.650. The Hall–Kier alpha value is -0.930. The largest absolute Gasteiger partial charge is 0.356 e. The molecular formula is C20H35FIN5. The van der Waals surface area contributed by atoms with Crippen LogP contribution < -0.4 is 10.6 Å². The van der Waals surface area contributed by atoms with Crippen LogP contribution in [-0.2, 0) is 6.42 Å². The second-order valence-electron chi connectivity index (χ2n) is 6.79. The first-order valence-corrected chi connectivity index (χ1v) is 9.85. The van der Waals surface area contributed by atoms with Crippen molar-refractivity contribution in [1.29, 1.82) is 0 Å². The van der Waals surface area contributed by atoms with Crippen LogP contribution in [0, 0.1) is 5.82 Å². The molecule has 27 heavy (non-hydrogen) atoms. The Morgan fingerprint density at radius 3 is 2.26 bits per heavy atom. The van der Waals surface area contributed by atoms with Crippen LogP contribution in [0.5, 0.6) is 0 Å². The summed E-state index contributed by atoms with van der Waals surface area (Å²) in [6.45, 7) is 11.1. The van der Waals surface area contributed by atoms with E-state index in [1.165, 1.54) is 57.8 Å². The summed E-state index contributed by atoms with van der Waals surface area (Å²) in [6.07, 6.45) is 3.21. The lowest BCUT2D eigenvalue weighted by Crippen LogP contribution is -2.46. The normalized spacial score (nSPS) is 16.0. The zero-order valence-corrected chi connectivity index (χ0v) is 19.0. The molecule has 0 amide bonds. The second kappa shape index (κ2) is 14.1. The van der Waals surface area contributed by atoms with Crippen LogP contribution in [0.25, 0.3) is 0 Å². The SMILES string of the molecule is CCN1CCN(CCCCNC(=NC)NCCc2ccc(F)cc2)CC1.I. The number of hydrogen-bond donors (Lipinski definition) is 2. The third kappa shape index (κ3) is 9.71. The van der Waals surface area contributed by atoms with Gasteiger partial charge in [0.15, 0.2) is 5.96 Å². The summed E-state index contributed by atoms with van der Waals surface area (Å²) in [4.78, 5) is 9.34. The molecule has 1 saturated heterocycles. The Bertz CT molecular complexity index is 530. The van der Waals surface area contributed by atoms with Crippen LogP contribution >= 0.6 is 24.0 Å². The molecule has 0 bridgehead atoms. The molecule has 1 aliphatic heterocycles. The van der Waals surface area contributed by atoms with Gasteiger partial charge in [-0.2, -0.15) is 0 Å². The number of rotatable bonds is 9. The van der Waals surface area contributed by atoms with Gasteiger partial charge in [0.1, 0.15) is 5.82 Å². The van der Waals surface area contributed by atoms with Gasteiger partial charge in [0.2, 0.25) is 0 Å². The lowest BCUT2D eigenvalue weighted by atomic mass is 10.1. The van der Waals surface area contributed by atoms with Crippen LogP contribution in [0.1, 0.15) is 25.3 Å². The first kappa shape index (κ1) is 24.1. The van der Waals surface area contributed by atoms with Gasteiger partial charge in [0.25, 0.3) is 0 Å². The second-order valence-corrected chi connectivity index (χ2v) is 6.79. The van der Waals surface area contributed by atoms with Gasteiger partial charge in [-0.05, 0) is 50.0 Å². The highest BCUT2D eigenvalue weighted by Gasteiger charge is 2.14. The summed E-state index contributed by atoms with van der Waals surface area (Å²) in [5, 5.41) is 6.68. The van der Waals surface area contributed by atoms with Crippen molar-refractivity contribution in [2.75, 3.05) is 59.4 Å². The summed E-state index contributed by atoms with van der Waals surface area (Å²) in [5.74, 6) is 0.648. The van der Waals surface area contributed by atoms with Crippen LogP contribution in [0.2, 0.25) is 0 Å². The van der Waals surface area contributed by atoms with Gasteiger partial charge < -0.3 is 20.4 Å². The van der Waals surface area contributed by atoms with Crippen molar-refractivity contribution in [2.24, 2.45) is 4.99 Å². The molecule has 0 unspecified atom stereocenters. The molecule has 0 atom stereocenters. The van der Waals surface area contributed by atoms with Gasteiger partial charge in [0, 0.05) is 46.3 Å². The monoisotopic (exact) mass is 491 g/mol. The van der Waals surface area contributed by atoms with E-state index in [4.69, 9.17) is 0 Å². The van der Waals surface area contributed by atoms with Gasteiger partial charge in [-0.15, -0.1) is 24.0 Å². The number of guanidine groups is 1. The minimum atomic E-state index is -0.188. The lowest BCUT2D eigenvalue weighted by Gasteiger charge is -2.34. The number of benzene rings is 1. The minimum absolute atomic E-state index is 0. The first-order chi connectivity index (χ1) is 12.7. The number of nitrogens with zero attached hydrogens (tertiary/aromatic N) is 3. The number of hydrogen-bond acceptors (Lipinski definition) is 3. The standard InChI is InChI=1S/C20H34FN5.HI/c1-3-25-14-16-26(17-15-25)13-5-4-11-23-20(22-2)24-12-10-18-6-8-19(21)9-7-18;/h6-9H,3-5,10-17H2,1-2H3,(H2,22,23,24);1H. The van der Waals surface area contributed by atoms with Gasteiger partial charge >= 0.3 is 0 Å². The van der Waals surface area contributed by atoms with Crippen LogP contribution in [-0.4, -0.2) is 75.2 Å². The molecule has 1 aliphatic rings. The van der Waals surface area contributed by atoms with E-state index >= 15 is 0 Å². The van der Waals surface area contributed by atoms with E-state index in [9.17, 15) is 4.39 Å². The first-order valence-electron chi connectivity index (χ1n) is 9.85. The van der Waals surface area contributed by atoms with Gasteiger partial charge in [-0.25, -0.2) is 4.39 Å². The van der Waals surface area contributed by atoms with Gasteiger partial charge in [-0.1, -0.05) is 19.1 Å². The number of halogens is 2. The van der Waals surface area contributed by atoms with E-state index in [1.807, 2.05) is 12.1 Å². The maximum absolute atomic E-state index is 12.9. The quantitative estimate of drug-likeness (QED) is 0.241. The number of aliphatic imine (C=N–C) groups is 1. The third-order valence-electron chi connectivity index (χ3n) is 4.95. The molecular weight excluding hydrogens is 456 g/mol. The van der Waals surface area contributed by atoms with Crippen LogP contribution in [0.15, 0.2) is 29.3 Å². The van der Waals surface area contributed by atoms with E-state index in [0.29, 0.717) is 0 Å². The summed E-state index contributed by atoms with van der Waals surface area (Å²) in [5.41, 5.74) is 1.12. The molecule has 154 valence electrons. The van der Waals surface area contributed by atoms with Crippen molar-refractivity contribution in [3.63, 3.8) is 0 Å². The van der Waals surface area contributed by atoms with Crippen molar-refractivity contribution in [2.45, 2.75) is 26.2 Å². The number of piperazine rings is 1. The van der Waals surface area contributed by atoms with Crippen LogP contribution in [0.3, 0.4) is 0 Å². The number of nitrogens with one attached hydrogen (secondary N) is 2. The molecule has 1 aromatic carbocycles. The van der Waals surface area contributed by atoms with Crippen molar-refractivity contribution >= 4 is 29.9 Å². The fourth-order valence-electron chi connectivity index (χ4n) is 3.19. The van der Waals surface area contributed by atoms with E-state index in [-0.39, 0.29) is 29.8 Å². The molecule has 2 N–H and O–H groups in total. The summed E-state index contributed by atoms with van der Waals surface area (Å²) in [7, 11) is 1.79. The minimum Gasteiger partial charge on any atom is -0.356 e.